The number of carboxylic acids is 2. The number of hydrogen-bond acceptors (Lipinski definition) is 7. The van der Waals surface area contributed by atoms with Gasteiger partial charge in [0.25, 0.3) is 0 Å². The number of carbonyl (C=O) groups is 4. The Morgan fingerprint density at radius 1 is 1.17 bits per heavy atom. The van der Waals surface area contributed by atoms with Crippen molar-refractivity contribution in [1.82, 2.24) is 5.32 Å². The molecule has 1 amide bonds. The molecule has 1 aliphatic rings. The zero-order valence-electron chi connectivity index (χ0n) is 18.5. The van der Waals surface area contributed by atoms with Crippen LogP contribution in [0.5, 0.6) is 5.75 Å². The Bertz CT molecular complexity index is 1170. The molecule has 0 radical (unpaired) electrons. The van der Waals surface area contributed by atoms with E-state index < -0.39 is 47.5 Å². The van der Waals surface area contributed by atoms with Gasteiger partial charge in [-0.1, -0.05) is 12.8 Å². The van der Waals surface area contributed by atoms with Gasteiger partial charge in [-0.25, -0.2) is 14.0 Å². The van der Waals surface area contributed by atoms with Gasteiger partial charge in [0.1, 0.15) is 16.8 Å². The number of esters is 1. The Balaban J connectivity index is 1.72. The van der Waals surface area contributed by atoms with Crippen LogP contribution in [0.2, 0.25) is 0 Å². The molecule has 3 rings (SSSR count). The highest BCUT2D eigenvalue weighted by atomic mass is 32.1. The molecule has 1 aromatic carbocycles. The smallest absolute Gasteiger partial charge is 0.353 e. The molecule has 1 atom stereocenters. The van der Waals surface area contributed by atoms with Gasteiger partial charge in [-0.05, 0) is 49.6 Å². The molecule has 186 valence electrons. The molecule has 0 saturated heterocycles. The lowest BCUT2D eigenvalue weighted by atomic mass is 9.81. The summed E-state index contributed by atoms with van der Waals surface area (Å²) < 4.78 is 19.3. The number of thiophene rings is 1. The second-order valence-corrected chi connectivity index (χ2v) is 9.51. The summed E-state index contributed by atoms with van der Waals surface area (Å²) >= 11 is 1.07. The zero-order valence-corrected chi connectivity index (χ0v) is 19.3. The third kappa shape index (κ3) is 6.21. The number of nitrogens with one attached hydrogen (secondary N) is 2. The summed E-state index contributed by atoms with van der Waals surface area (Å²) in [6, 6.07) is 5.14. The second-order valence-electron chi connectivity index (χ2n) is 8.34. The molecule has 10 nitrogen and oxygen atoms in total. The minimum absolute atomic E-state index is 0.148. The van der Waals surface area contributed by atoms with E-state index in [2.05, 4.69) is 5.32 Å². The fraction of sp³-hybridized carbons (Fsp3) is 0.348. The predicted octanol–water partition coefficient (Wildman–Crippen LogP) is 2.54. The highest BCUT2D eigenvalue weighted by Gasteiger charge is 2.43. The molecule has 1 saturated carbocycles. The number of ether oxygens (including phenoxy) is 1. The van der Waals surface area contributed by atoms with Gasteiger partial charge in [0.05, 0.1) is 11.8 Å². The summed E-state index contributed by atoms with van der Waals surface area (Å²) in [4.78, 5) is 48.8. The van der Waals surface area contributed by atoms with Crippen LogP contribution in [-0.4, -0.2) is 45.9 Å². The van der Waals surface area contributed by atoms with Crippen molar-refractivity contribution in [3.63, 3.8) is 0 Å². The molecule has 12 heteroatoms. The van der Waals surface area contributed by atoms with Gasteiger partial charge in [-0.2, -0.15) is 0 Å². The first-order valence-electron chi connectivity index (χ1n) is 10.7. The highest BCUT2D eigenvalue weighted by Crippen LogP contribution is 2.42. The van der Waals surface area contributed by atoms with Crippen LogP contribution in [0.15, 0.2) is 30.3 Å². The Morgan fingerprint density at radius 2 is 1.86 bits per heavy atom. The predicted molar refractivity (Wildman–Crippen MR) is 123 cm³/mol. The van der Waals surface area contributed by atoms with Crippen LogP contribution in [-0.2, 0) is 20.8 Å². The number of aliphatic carboxylic acids is 2. The van der Waals surface area contributed by atoms with E-state index in [9.17, 15) is 28.7 Å². The molecule has 0 aliphatic heterocycles. The maximum absolute atomic E-state index is 14.2. The lowest BCUT2D eigenvalue weighted by Crippen LogP contribution is -2.49. The fourth-order valence-electron chi connectivity index (χ4n) is 4.04. The molecule has 1 aromatic heterocycles. The van der Waals surface area contributed by atoms with Crippen LogP contribution in [0.25, 0.3) is 0 Å². The molecule has 0 unspecified atom stereocenters. The van der Waals surface area contributed by atoms with Crippen molar-refractivity contribution < 1.29 is 38.5 Å². The van der Waals surface area contributed by atoms with Crippen LogP contribution in [0.4, 0.5) is 4.39 Å². The van der Waals surface area contributed by atoms with Gasteiger partial charge in [0.15, 0.2) is 11.6 Å². The van der Waals surface area contributed by atoms with E-state index in [1.807, 2.05) is 0 Å². The number of rotatable bonds is 10. The first kappa shape index (κ1) is 25.8. The van der Waals surface area contributed by atoms with Crippen LogP contribution in [0.3, 0.4) is 0 Å². The summed E-state index contributed by atoms with van der Waals surface area (Å²) in [5.74, 6) is -5.60. The van der Waals surface area contributed by atoms with Gasteiger partial charge in [-0.3, -0.25) is 15.0 Å². The van der Waals surface area contributed by atoms with Crippen LogP contribution in [0, 0.1) is 16.6 Å². The Kier molecular flexibility index (Phi) is 7.85. The fourth-order valence-corrected chi connectivity index (χ4v) is 5.07. The average Bonchev–Trinajstić information content (AvgIpc) is 3.45. The molecule has 35 heavy (non-hydrogen) atoms. The van der Waals surface area contributed by atoms with Gasteiger partial charge in [0, 0.05) is 10.4 Å². The molecule has 6 N–H and O–H groups in total. The SMILES string of the molecule is N=C(N)c1ccc(OC(=O)c2ccc(CC3(C(=O)N[C@@H](CC(=O)O)C(=O)O)CCCC3)s2)c(F)c1. The van der Waals surface area contributed by atoms with Gasteiger partial charge in [0.2, 0.25) is 5.91 Å². The lowest BCUT2D eigenvalue weighted by molar-refractivity contribution is -0.148. The number of hydrogen-bond donors (Lipinski definition) is 5. The minimum atomic E-state index is -1.55. The van der Waals surface area contributed by atoms with Gasteiger partial charge < -0.3 is 26.0 Å². The maximum atomic E-state index is 14.2. The van der Waals surface area contributed by atoms with Crippen molar-refractivity contribution >= 4 is 41.0 Å². The standard InChI is InChI=1S/C23H24FN3O7S/c24-14-9-12(19(25)26)3-5-16(14)34-21(32)17-6-4-13(35-17)11-23(7-1-2-8-23)22(33)27-15(20(30)31)10-18(28)29/h3-6,9,15H,1-2,7-8,10-11H2,(H3,25,26)(H,27,33)(H,28,29)(H,30,31)/t15-/m0/s1. The third-order valence-corrected chi connectivity index (χ3v) is 6.91. The average molecular weight is 506 g/mol. The Labute approximate surface area is 203 Å². The summed E-state index contributed by atoms with van der Waals surface area (Å²) in [5, 5.41) is 27.9. The first-order chi connectivity index (χ1) is 16.5. The summed E-state index contributed by atoms with van der Waals surface area (Å²) in [5.41, 5.74) is 4.54. The summed E-state index contributed by atoms with van der Waals surface area (Å²) in [7, 11) is 0. The van der Waals surface area contributed by atoms with E-state index in [0.29, 0.717) is 17.7 Å². The molecular formula is C23H24FN3O7S. The molecule has 2 aromatic rings. The molecule has 0 bridgehead atoms. The molecule has 1 fully saturated rings. The largest absolute Gasteiger partial charge is 0.481 e. The first-order valence-corrected chi connectivity index (χ1v) is 11.5. The van der Waals surface area contributed by atoms with Crippen LogP contribution >= 0.6 is 11.3 Å². The number of amidine groups is 1. The highest BCUT2D eigenvalue weighted by molar-refractivity contribution is 7.14. The van der Waals surface area contributed by atoms with Crippen molar-refractivity contribution in [1.29, 1.82) is 5.41 Å². The normalized spacial score (nSPS) is 15.2. The Hall–Kier alpha value is -3.80. The summed E-state index contributed by atoms with van der Waals surface area (Å²) in [6.45, 7) is 0. The van der Waals surface area contributed by atoms with E-state index in [-0.39, 0.29) is 28.4 Å². The van der Waals surface area contributed by atoms with Crippen molar-refractivity contribution in [3.05, 3.63) is 51.5 Å². The number of nitrogen functional groups attached to an aromatic ring is 1. The van der Waals surface area contributed by atoms with Crippen molar-refractivity contribution in [2.45, 2.75) is 44.6 Å². The molecule has 1 aliphatic carbocycles. The lowest BCUT2D eigenvalue weighted by Gasteiger charge is -2.28. The molecule has 1 heterocycles. The van der Waals surface area contributed by atoms with E-state index in [4.69, 9.17) is 21.0 Å². The van der Waals surface area contributed by atoms with E-state index in [1.54, 1.807) is 6.07 Å². The number of carboxylic acid groups (broad SMARTS) is 2. The van der Waals surface area contributed by atoms with Crippen molar-refractivity contribution in [2.75, 3.05) is 0 Å². The van der Waals surface area contributed by atoms with Gasteiger partial charge in [-0.15, -0.1) is 11.3 Å². The van der Waals surface area contributed by atoms with Crippen molar-refractivity contribution in [2.24, 2.45) is 11.1 Å². The quantitative estimate of drug-likeness (QED) is 0.141. The number of carbonyl (C=O) groups excluding carboxylic acids is 2. The number of halogens is 1. The molecular weight excluding hydrogens is 481 g/mol. The second kappa shape index (κ2) is 10.6. The van der Waals surface area contributed by atoms with E-state index in [1.165, 1.54) is 18.2 Å². The monoisotopic (exact) mass is 505 g/mol. The van der Waals surface area contributed by atoms with E-state index >= 15 is 0 Å². The zero-order chi connectivity index (χ0) is 25.8. The maximum Gasteiger partial charge on any atom is 0.353 e. The Morgan fingerprint density at radius 3 is 2.43 bits per heavy atom. The topological polar surface area (TPSA) is 180 Å². The van der Waals surface area contributed by atoms with Gasteiger partial charge >= 0.3 is 17.9 Å². The summed E-state index contributed by atoms with van der Waals surface area (Å²) in [6.07, 6.45) is 1.97. The number of benzene rings is 1. The van der Waals surface area contributed by atoms with Crippen LogP contribution < -0.4 is 15.8 Å². The number of nitrogens with two attached hydrogens (primary N) is 1. The molecule has 0 spiro atoms. The third-order valence-electron chi connectivity index (χ3n) is 5.85. The van der Waals surface area contributed by atoms with Crippen LogP contribution in [0.1, 0.15) is 52.2 Å². The van der Waals surface area contributed by atoms with E-state index in [0.717, 1.165) is 30.2 Å². The number of amides is 1. The van der Waals surface area contributed by atoms with Crippen molar-refractivity contribution in [3.8, 4) is 5.75 Å². The minimum Gasteiger partial charge on any atom is -0.481 e.